The zero-order valence-corrected chi connectivity index (χ0v) is 25.1. The molecule has 1 rings (SSSR count). The van der Waals surface area contributed by atoms with E-state index in [1.807, 2.05) is 19.9 Å². The zero-order chi connectivity index (χ0) is 31.7. The first kappa shape index (κ1) is 37.2. The number of esters is 1. The van der Waals surface area contributed by atoms with E-state index in [1.165, 1.54) is 18.2 Å². The van der Waals surface area contributed by atoms with Gasteiger partial charge in [0, 0.05) is 29.9 Å². The van der Waals surface area contributed by atoms with Gasteiger partial charge < -0.3 is 35.4 Å². The number of carbonyl (C=O) groups excluding carboxylic acids is 1. The molecule has 1 saturated carbocycles. The third-order valence-electron chi connectivity index (χ3n) is 6.79. The second-order valence-corrected chi connectivity index (χ2v) is 10.8. The SMILES string of the molecule is CC/C=C/C=C/[C@H](O)C[C@@H](O)[C@@H](O)[C@H](O)[C@H](C)/C(Cl)=C/C=C/C=C(C)/C=C/C=C/C(=O)O[C@@H]1C[C@@H](C(=O)O)CC[C@@H]1O. The van der Waals surface area contributed by atoms with E-state index in [9.17, 15) is 35.1 Å². The van der Waals surface area contributed by atoms with E-state index in [-0.39, 0.29) is 24.3 Å². The van der Waals surface area contributed by atoms with Gasteiger partial charge in [-0.1, -0.05) is 91.8 Å². The number of carboxylic acids is 1. The largest absolute Gasteiger partial charge is 0.481 e. The number of hydrogen-bond donors (Lipinski definition) is 6. The van der Waals surface area contributed by atoms with Crippen molar-refractivity contribution < 1.29 is 45.0 Å². The van der Waals surface area contributed by atoms with Crippen LogP contribution in [0, 0.1) is 11.8 Å². The lowest BCUT2D eigenvalue weighted by molar-refractivity contribution is -0.159. The molecule has 0 amide bonds. The fraction of sp³-hybridized carbons (Fsp3) is 0.500. The molecule has 1 aliphatic rings. The summed E-state index contributed by atoms with van der Waals surface area (Å²) in [6.07, 6.45) is 14.0. The van der Waals surface area contributed by atoms with Crippen molar-refractivity contribution >= 4 is 23.5 Å². The highest BCUT2D eigenvalue weighted by Crippen LogP contribution is 2.27. The number of aliphatic carboxylic acids is 1. The van der Waals surface area contributed by atoms with Gasteiger partial charge in [0.05, 0.1) is 30.3 Å². The number of carboxylic acid groups (broad SMARTS) is 1. The molecule has 0 unspecified atom stereocenters. The molecule has 0 saturated heterocycles. The summed E-state index contributed by atoms with van der Waals surface area (Å²) in [6.45, 7) is 5.42. The van der Waals surface area contributed by atoms with Gasteiger partial charge in [0.2, 0.25) is 0 Å². The number of carbonyl (C=O) groups is 2. The van der Waals surface area contributed by atoms with Crippen LogP contribution in [0.2, 0.25) is 0 Å². The summed E-state index contributed by atoms with van der Waals surface area (Å²) in [6, 6.07) is 0. The standard InChI is InChI=1S/C32H45ClO9/c1-4-5-6-7-14-24(34)20-27(36)31(39)30(38)22(3)25(33)15-10-8-12-21(2)13-9-11-16-29(37)42-28-19-23(32(40)41)17-18-26(28)35/h5-16,22-24,26-28,30-31,34-36,38-39H,4,17-20H2,1-3H3,(H,40,41)/b6-5+,10-8+,13-9+,14-7+,16-11+,21-12+,25-15-/t22-,23+,24+,26+,27-,28-,30-,31-/m1/s1. The summed E-state index contributed by atoms with van der Waals surface area (Å²) in [4.78, 5) is 23.2. The van der Waals surface area contributed by atoms with E-state index >= 15 is 0 Å². The average molecular weight is 609 g/mol. The minimum Gasteiger partial charge on any atom is -0.481 e. The molecular weight excluding hydrogens is 564 g/mol. The van der Waals surface area contributed by atoms with Crippen LogP contribution in [0.3, 0.4) is 0 Å². The smallest absolute Gasteiger partial charge is 0.331 e. The highest BCUT2D eigenvalue weighted by atomic mass is 35.5. The van der Waals surface area contributed by atoms with E-state index in [0.717, 1.165) is 12.0 Å². The highest BCUT2D eigenvalue weighted by Gasteiger charge is 2.35. The number of aliphatic hydroxyl groups is 5. The molecular formula is C32H45ClO9. The zero-order valence-electron chi connectivity index (χ0n) is 24.4. The van der Waals surface area contributed by atoms with Crippen LogP contribution in [0.15, 0.2) is 83.5 Å². The van der Waals surface area contributed by atoms with Crippen molar-refractivity contribution in [2.24, 2.45) is 11.8 Å². The van der Waals surface area contributed by atoms with E-state index in [1.54, 1.807) is 55.5 Å². The molecule has 8 atom stereocenters. The summed E-state index contributed by atoms with van der Waals surface area (Å²) in [5.41, 5.74) is 0.838. The van der Waals surface area contributed by atoms with E-state index < -0.39 is 60.4 Å². The Hall–Kier alpha value is -2.79. The summed E-state index contributed by atoms with van der Waals surface area (Å²) in [5.74, 6) is -2.95. The van der Waals surface area contributed by atoms with Gasteiger partial charge in [-0.15, -0.1) is 0 Å². The topological polar surface area (TPSA) is 165 Å². The fourth-order valence-corrected chi connectivity index (χ4v) is 4.32. The van der Waals surface area contributed by atoms with Crippen molar-refractivity contribution in [3.63, 3.8) is 0 Å². The van der Waals surface area contributed by atoms with Crippen LogP contribution in [-0.4, -0.2) is 79.2 Å². The number of allylic oxidation sites excluding steroid dienone is 11. The Labute approximate surface area is 253 Å². The molecule has 0 heterocycles. The predicted octanol–water partition coefficient (Wildman–Crippen LogP) is 3.87. The van der Waals surface area contributed by atoms with Crippen molar-refractivity contribution in [2.45, 2.75) is 89.5 Å². The Morgan fingerprint density at radius 1 is 0.952 bits per heavy atom. The minimum atomic E-state index is -1.51. The molecule has 6 N–H and O–H groups in total. The third-order valence-corrected chi connectivity index (χ3v) is 7.26. The van der Waals surface area contributed by atoms with E-state index in [2.05, 4.69) is 0 Å². The molecule has 9 nitrogen and oxygen atoms in total. The highest BCUT2D eigenvalue weighted by molar-refractivity contribution is 6.30. The molecule has 10 heteroatoms. The average Bonchev–Trinajstić information content (AvgIpc) is 2.95. The summed E-state index contributed by atoms with van der Waals surface area (Å²) < 4.78 is 5.21. The summed E-state index contributed by atoms with van der Waals surface area (Å²) in [5, 5.41) is 60.4. The molecule has 0 bridgehead atoms. The van der Waals surface area contributed by atoms with Gasteiger partial charge in [0.25, 0.3) is 0 Å². The predicted molar refractivity (Wildman–Crippen MR) is 162 cm³/mol. The molecule has 234 valence electrons. The van der Waals surface area contributed by atoms with Crippen molar-refractivity contribution in [2.75, 3.05) is 0 Å². The lowest BCUT2D eigenvalue weighted by Gasteiger charge is -2.30. The first-order valence-corrected chi connectivity index (χ1v) is 14.5. The van der Waals surface area contributed by atoms with Crippen molar-refractivity contribution in [1.82, 2.24) is 0 Å². The van der Waals surface area contributed by atoms with Crippen molar-refractivity contribution in [1.29, 1.82) is 0 Å². The molecule has 0 spiro atoms. The van der Waals surface area contributed by atoms with Crippen LogP contribution < -0.4 is 0 Å². The maximum atomic E-state index is 12.0. The summed E-state index contributed by atoms with van der Waals surface area (Å²) >= 11 is 6.29. The van der Waals surface area contributed by atoms with Gasteiger partial charge in [-0.05, 0) is 32.3 Å². The Bertz CT molecular complexity index is 1060. The van der Waals surface area contributed by atoms with Crippen LogP contribution in [0.25, 0.3) is 0 Å². The van der Waals surface area contributed by atoms with Crippen LogP contribution in [0.5, 0.6) is 0 Å². The first-order valence-electron chi connectivity index (χ1n) is 14.1. The van der Waals surface area contributed by atoms with Crippen LogP contribution in [0.4, 0.5) is 0 Å². The fourth-order valence-electron chi connectivity index (χ4n) is 4.12. The Kier molecular flexibility index (Phi) is 17.9. The van der Waals surface area contributed by atoms with Gasteiger partial charge >= 0.3 is 11.9 Å². The first-order chi connectivity index (χ1) is 19.9. The lowest BCUT2D eigenvalue weighted by Crippen LogP contribution is -2.42. The molecule has 42 heavy (non-hydrogen) atoms. The quantitative estimate of drug-likeness (QED) is 0.0866. The molecule has 1 aliphatic carbocycles. The van der Waals surface area contributed by atoms with Gasteiger partial charge in [-0.25, -0.2) is 4.79 Å². The number of halogens is 1. The van der Waals surface area contributed by atoms with Gasteiger partial charge in [-0.3, -0.25) is 4.79 Å². The molecule has 0 aliphatic heterocycles. The van der Waals surface area contributed by atoms with Gasteiger partial charge in [0.1, 0.15) is 12.2 Å². The number of aliphatic hydroxyl groups excluding tert-OH is 5. The van der Waals surface area contributed by atoms with Crippen LogP contribution in [-0.2, 0) is 14.3 Å². The van der Waals surface area contributed by atoms with Crippen molar-refractivity contribution in [3.8, 4) is 0 Å². The third kappa shape index (κ3) is 14.4. The van der Waals surface area contributed by atoms with Gasteiger partial charge in [0.15, 0.2) is 0 Å². The second kappa shape index (κ2) is 20.2. The van der Waals surface area contributed by atoms with E-state index in [4.69, 9.17) is 21.4 Å². The Morgan fingerprint density at radius 3 is 2.29 bits per heavy atom. The maximum absolute atomic E-state index is 12.0. The molecule has 0 radical (unpaired) electrons. The molecule has 0 aromatic carbocycles. The van der Waals surface area contributed by atoms with Crippen LogP contribution in [0.1, 0.15) is 52.9 Å². The minimum absolute atomic E-state index is 0.0816. The lowest BCUT2D eigenvalue weighted by atomic mass is 9.85. The molecule has 0 aromatic heterocycles. The Morgan fingerprint density at radius 2 is 1.62 bits per heavy atom. The second-order valence-electron chi connectivity index (χ2n) is 10.3. The number of ether oxygens (including phenoxy) is 1. The van der Waals surface area contributed by atoms with Crippen LogP contribution >= 0.6 is 11.6 Å². The Balaban J connectivity index is 2.56. The number of hydrogen-bond acceptors (Lipinski definition) is 8. The molecule has 1 fully saturated rings. The van der Waals surface area contributed by atoms with Crippen molar-refractivity contribution in [3.05, 3.63) is 83.5 Å². The normalized spacial score (nSPS) is 24.5. The summed E-state index contributed by atoms with van der Waals surface area (Å²) in [7, 11) is 0. The van der Waals surface area contributed by atoms with Gasteiger partial charge in [-0.2, -0.15) is 0 Å². The molecule has 0 aromatic rings. The van der Waals surface area contributed by atoms with E-state index in [0.29, 0.717) is 6.42 Å². The monoisotopic (exact) mass is 608 g/mol. The number of rotatable bonds is 16. The maximum Gasteiger partial charge on any atom is 0.331 e.